The number of amides is 2. The summed E-state index contributed by atoms with van der Waals surface area (Å²) >= 11 is 5.83. The van der Waals surface area contributed by atoms with Gasteiger partial charge in [0.25, 0.3) is 5.91 Å². The van der Waals surface area contributed by atoms with E-state index in [1.807, 2.05) is 6.92 Å². The Kier molecular flexibility index (Phi) is 6.28. The zero-order valence-corrected chi connectivity index (χ0v) is 15.2. The molecule has 0 bridgehead atoms. The molecule has 0 unspecified atom stereocenters. The van der Waals surface area contributed by atoms with Gasteiger partial charge in [-0.15, -0.1) is 0 Å². The van der Waals surface area contributed by atoms with Gasteiger partial charge in [-0.25, -0.2) is 8.78 Å². The standard InChI is InChI=1S/C18H18ClF2N3O2/c1-10-4-5-15(22-17(25)9-24(2)3)16(6-10)23-18(26)11-7-13(20)14(21)8-12(11)19/h4-8H,9H2,1-3H3,(H,22,25)(H,23,26). The Morgan fingerprint density at radius 1 is 1.04 bits per heavy atom. The summed E-state index contributed by atoms with van der Waals surface area (Å²) in [6, 6.07) is 6.53. The van der Waals surface area contributed by atoms with E-state index in [1.165, 1.54) is 0 Å². The molecule has 2 amide bonds. The molecule has 8 heteroatoms. The molecule has 0 radical (unpaired) electrons. The van der Waals surface area contributed by atoms with Crippen LogP contribution in [0.4, 0.5) is 20.2 Å². The van der Waals surface area contributed by atoms with E-state index >= 15 is 0 Å². The lowest BCUT2D eigenvalue weighted by Crippen LogP contribution is -2.27. The van der Waals surface area contributed by atoms with E-state index in [4.69, 9.17) is 11.6 Å². The number of anilines is 2. The van der Waals surface area contributed by atoms with Crippen LogP contribution in [-0.4, -0.2) is 37.4 Å². The van der Waals surface area contributed by atoms with Crippen LogP contribution in [0.1, 0.15) is 15.9 Å². The first-order valence-electron chi connectivity index (χ1n) is 7.68. The maximum absolute atomic E-state index is 13.4. The normalized spacial score (nSPS) is 10.7. The highest BCUT2D eigenvalue weighted by molar-refractivity contribution is 6.34. The summed E-state index contributed by atoms with van der Waals surface area (Å²) in [5, 5.41) is 5.06. The third-order valence-corrected chi connectivity index (χ3v) is 3.72. The van der Waals surface area contributed by atoms with E-state index in [2.05, 4.69) is 10.6 Å². The minimum atomic E-state index is -1.18. The van der Waals surface area contributed by atoms with E-state index in [0.717, 1.165) is 17.7 Å². The third kappa shape index (κ3) is 5.00. The third-order valence-electron chi connectivity index (χ3n) is 3.41. The summed E-state index contributed by atoms with van der Waals surface area (Å²) in [7, 11) is 3.50. The number of hydrogen-bond donors (Lipinski definition) is 2. The molecular weight excluding hydrogens is 364 g/mol. The van der Waals surface area contributed by atoms with Crippen LogP contribution in [0, 0.1) is 18.6 Å². The molecule has 0 saturated carbocycles. The Labute approximate surface area is 154 Å². The van der Waals surface area contributed by atoms with Gasteiger partial charge in [-0.1, -0.05) is 17.7 Å². The van der Waals surface area contributed by atoms with Crippen molar-refractivity contribution < 1.29 is 18.4 Å². The van der Waals surface area contributed by atoms with Gasteiger partial charge in [0.15, 0.2) is 11.6 Å². The maximum Gasteiger partial charge on any atom is 0.257 e. The first kappa shape index (κ1) is 19.8. The van der Waals surface area contributed by atoms with Crippen molar-refractivity contribution in [3.8, 4) is 0 Å². The second-order valence-corrected chi connectivity index (χ2v) is 6.44. The van der Waals surface area contributed by atoms with Crippen LogP contribution in [0.2, 0.25) is 5.02 Å². The molecule has 0 heterocycles. The number of carbonyl (C=O) groups excluding carboxylic acids is 2. The van der Waals surface area contributed by atoms with Crippen molar-refractivity contribution in [2.45, 2.75) is 6.92 Å². The molecule has 0 fully saturated rings. The first-order valence-corrected chi connectivity index (χ1v) is 8.06. The van der Waals surface area contributed by atoms with Crippen LogP contribution in [0.25, 0.3) is 0 Å². The monoisotopic (exact) mass is 381 g/mol. The van der Waals surface area contributed by atoms with Crippen LogP contribution in [0.5, 0.6) is 0 Å². The Bertz CT molecular complexity index is 857. The van der Waals surface area contributed by atoms with Crippen LogP contribution in [-0.2, 0) is 4.79 Å². The number of nitrogens with one attached hydrogen (secondary N) is 2. The summed E-state index contributed by atoms with van der Waals surface area (Å²) in [6.07, 6.45) is 0. The minimum absolute atomic E-state index is 0.163. The molecule has 0 aliphatic carbocycles. The van der Waals surface area contributed by atoms with Crippen LogP contribution < -0.4 is 10.6 Å². The van der Waals surface area contributed by atoms with E-state index in [-0.39, 0.29) is 23.0 Å². The zero-order chi connectivity index (χ0) is 19.4. The Hall–Kier alpha value is -2.51. The lowest BCUT2D eigenvalue weighted by molar-refractivity contribution is -0.116. The van der Waals surface area contributed by atoms with Crippen molar-refractivity contribution in [2.24, 2.45) is 0 Å². The van der Waals surface area contributed by atoms with E-state index in [1.54, 1.807) is 37.2 Å². The predicted molar refractivity (Wildman–Crippen MR) is 97.7 cm³/mol. The zero-order valence-electron chi connectivity index (χ0n) is 14.5. The summed E-state index contributed by atoms with van der Waals surface area (Å²) in [4.78, 5) is 26.1. The van der Waals surface area contributed by atoms with E-state index in [9.17, 15) is 18.4 Å². The number of hydrogen-bond acceptors (Lipinski definition) is 3. The van der Waals surface area contributed by atoms with Crippen molar-refractivity contribution in [2.75, 3.05) is 31.3 Å². The number of likely N-dealkylation sites (N-methyl/N-ethyl adjacent to an activating group) is 1. The topological polar surface area (TPSA) is 61.4 Å². The molecule has 2 N–H and O–H groups in total. The van der Waals surface area contributed by atoms with Gasteiger partial charge in [-0.05, 0) is 50.8 Å². The molecule has 26 heavy (non-hydrogen) atoms. The van der Waals surface area contributed by atoms with Crippen molar-refractivity contribution in [3.05, 3.63) is 58.1 Å². The average molecular weight is 382 g/mol. The fourth-order valence-corrected chi connectivity index (χ4v) is 2.47. The van der Waals surface area contributed by atoms with Crippen molar-refractivity contribution in [1.29, 1.82) is 0 Å². The van der Waals surface area contributed by atoms with E-state index in [0.29, 0.717) is 11.4 Å². The second kappa shape index (κ2) is 8.25. The van der Waals surface area contributed by atoms with Crippen LogP contribution >= 0.6 is 11.6 Å². The number of aryl methyl sites for hydroxylation is 1. The largest absolute Gasteiger partial charge is 0.323 e. The quantitative estimate of drug-likeness (QED) is 0.777. The molecule has 2 aromatic carbocycles. The second-order valence-electron chi connectivity index (χ2n) is 6.04. The molecule has 138 valence electrons. The highest BCUT2D eigenvalue weighted by Crippen LogP contribution is 2.26. The summed E-state index contributed by atoms with van der Waals surface area (Å²) in [5.41, 5.74) is 1.33. The molecule has 5 nitrogen and oxygen atoms in total. The van der Waals surface area contributed by atoms with Gasteiger partial charge < -0.3 is 15.5 Å². The maximum atomic E-state index is 13.4. The number of carbonyl (C=O) groups is 2. The molecular formula is C18H18ClF2N3O2. The average Bonchev–Trinajstić information content (AvgIpc) is 2.52. The molecule has 0 saturated heterocycles. The molecule has 0 aliphatic heterocycles. The van der Waals surface area contributed by atoms with Gasteiger partial charge in [0, 0.05) is 0 Å². The Balaban J connectivity index is 2.28. The van der Waals surface area contributed by atoms with Gasteiger partial charge in [0.05, 0.1) is 28.5 Å². The SMILES string of the molecule is Cc1ccc(NC(=O)CN(C)C)c(NC(=O)c2cc(F)c(F)cc2Cl)c1. The van der Waals surface area contributed by atoms with Gasteiger partial charge in [0.2, 0.25) is 5.91 Å². The first-order chi connectivity index (χ1) is 12.2. The van der Waals surface area contributed by atoms with Gasteiger partial charge in [-0.2, -0.15) is 0 Å². The highest BCUT2D eigenvalue weighted by atomic mass is 35.5. The van der Waals surface area contributed by atoms with E-state index < -0.39 is 17.5 Å². The molecule has 0 aliphatic rings. The van der Waals surface area contributed by atoms with Crippen LogP contribution in [0.3, 0.4) is 0 Å². The number of rotatable bonds is 5. The lowest BCUT2D eigenvalue weighted by atomic mass is 10.1. The minimum Gasteiger partial charge on any atom is -0.323 e. The predicted octanol–water partition coefficient (Wildman–Crippen LogP) is 3.68. The fourth-order valence-electron chi connectivity index (χ4n) is 2.23. The summed E-state index contributed by atoms with van der Waals surface area (Å²) in [6.45, 7) is 1.97. The number of benzene rings is 2. The molecule has 2 aromatic rings. The number of nitrogens with zero attached hydrogens (tertiary/aromatic N) is 1. The summed E-state index contributed by atoms with van der Waals surface area (Å²) < 4.78 is 26.6. The van der Waals surface area contributed by atoms with Crippen molar-refractivity contribution in [1.82, 2.24) is 4.90 Å². The van der Waals surface area contributed by atoms with Crippen molar-refractivity contribution >= 4 is 34.8 Å². The van der Waals surface area contributed by atoms with Crippen LogP contribution in [0.15, 0.2) is 30.3 Å². The van der Waals surface area contributed by atoms with Gasteiger partial charge in [-0.3, -0.25) is 9.59 Å². The Morgan fingerprint density at radius 3 is 2.35 bits per heavy atom. The molecule has 0 atom stereocenters. The summed E-state index contributed by atoms with van der Waals surface area (Å²) in [5.74, 6) is -3.30. The molecule has 0 spiro atoms. The fraction of sp³-hybridized carbons (Fsp3) is 0.222. The van der Waals surface area contributed by atoms with Crippen molar-refractivity contribution in [3.63, 3.8) is 0 Å². The van der Waals surface area contributed by atoms with Gasteiger partial charge in [0.1, 0.15) is 0 Å². The smallest absolute Gasteiger partial charge is 0.257 e. The molecule has 2 rings (SSSR count). The highest BCUT2D eigenvalue weighted by Gasteiger charge is 2.17. The van der Waals surface area contributed by atoms with Gasteiger partial charge >= 0.3 is 0 Å². The Morgan fingerprint density at radius 2 is 1.69 bits per heavy atom. The number of halogens is 3. The molecule has 0 aromatic heterocycles. The lowest BCUT2D eigenvalue weighted by Gasteiger charge is -2.15.